The molecule has 2 atom stereocenters. The topological polar surface area (TPSA) is 40.6 Å². The summed E-state index contributed by atoms with van der Waals surface area (Å²) in [6.07, 6.45) is 1.88. The number of benzene rings is 1. The molecule has 4 nitrogen and oxygen atoms in total. The smallest absolute Gasteiger partial charge is 0.260 e. The minimum absolute atomic E-state index is 0.0416. The monoisotopic (exact) mass is 244 g/mol. The molecule has 2 amide bonds. The minimum atomic E-state index is -0.161. The average molecular weight is 244 g/mol. The molecular weight excluding hydrogens is 228 g/mol. The molecule has 0 N–H and O–H groups in total. The number of carbonyl (C=O) groups excluding carboxylic acids is 2. The number of nitrogens with zero attached hydrogens (tertiary/aromatic N) is 2. The van der Waals surface area contributed by atoms with E-state index in [9.17, 15) is 9.59 Å². The van der Waals surface area contributed by atoms with Crippen molar-refractivity contribution >= 4 is 11.8 Å². The zero-order valence-corrected chi connectivity index (χ0v) is 10.4. The first-order valence-corrected chi connectivity index (χ1v) is 6.31. The Labute approximate surface area is 106 Å². The lowest BCUT2D eigenvalue weighted by molar-refractivity contribution is -0.137. The lowest BCUT2D eigenvalue weighted by Gasteiger charge is -2.37. The fraction of sp³-hybridized carbons (Fsp3) is 0.429. The molecule has 2 unspecified atom stereocenters. The van der Waals surface area contributed by atoms with Crippen LogP contribution >= 0.6 is 0 Å². The van der Waals surface area contributed by atoms with Crippen LogP contribution in [0.1, 0.15) is 23.2 Å². The van der Waals surface area contributed by atoms with E-state index in [0.29, 0.717) is 18.2 Å². The fourth-order valence-electron chi connectivity index (χ4n) is 2.93. The van der Waals surface area contributed by atoms with Gasteiger partial charge >= 0.3 is 0 Å². The molecule has 2 aliphatic rings. The van der Waals surface area contributed by atoms with Crippen molar-refractivity contribution < 1.29 is 9.59 Å². The molecule has 1 aromatic rings. The molecule has 0 aliphatic carbocycles. The number of piperazine rings is 1. The molecular formula is C14H16N2O2. The Balaban J connectivity index is 1.86. The molecule has 2 saturated heterocycles. The third-order valence-electron chi connectivity index (χ3n) is 4.05. The van der Waals surface area contributed by atoms with Crippen LogP contribution in [0.25, 0.3) is 0 Å². The highest BCUT2D eigenvalue weighted by molar-refractivity contribution is 6.06. The number of likely N-dealkylation sites (N-methyl/N-ethyl adjacent to an activating group) is 1. The van der Waals surface area contributed by atoms with Crippen molar-refractivity contribution in [3.05, 3.63) is 35.9 Å². The quantitative estimate of drug-likeness (QED) is 0.695. The standard InChI is InChI=1S/C14H16N2O2/c1-15-11-7-8-12(15)14(18)16(9-11)13(17)10-5-3-2-4-6-10/h2-6,11-12H,7-9H2,1H3. The number of hydrogen-bond acceptors (Lipinski definition) is 3. The van der Waals surface area contributed by atoms with Gasteiger partial charge in [-0.05, 0) is 32.0 Å². The van der Waals surface area contributed by atoms with Gasteiger partial charge in [-0.2, -0.15) is 0 Å². The van der Waals surface area contributed by atoms with Gasteiger partial charge in [0, 0.05) is 18.2 Å². The predicted molar refractivity (Wildman–Crippen MR) is 67.1 cm³/mol. The van der Waals surface area contributed by atoms with E-state index in [-0.39, 0.29) is 17.9 Å². The first kappa shape index (κ1) is 11.4. The summed E-state index contributed by atoms with van der Waals surface area (Å²) >= 11 is 0. The Bertz CT molecular complexity index is 486. The number of amides is 2. The second-order valence-electron chi connectivity index (χ2n) is 5.03. The second kappa shape index (κ2) is 4.21. The molecule has 2 aliphatic heterocycles. The third kappa shape index (κ3) is 1.64. The highest BCUT2D eigenvalue weighted by atomic mass is 16.2. The van der Waals surface area contributed by atoms with Gasteiger partial charge in [-0.15, -0.1) is 0 Å². The highest BCUT2D eigenvalue weighted by Crippen LogP contribution is 2.30. The number of carbonyl (C=O) groups is 2. The van der Waals surface area contributed by atoms with Crippen molar-refractivity contribution in [2.75, 3.05) is 13.6 Å². The van der Waals surface area contributed by atoms with Gasteiger partial charge in [-0.3, -0.25) is 19.4 Å². The lowest BCUT2D eigenvalue weighted by atomic mass is 10.1. The maximum Gasteiger partial charge on any atom is 0.260 e. The van der Waals surface area contributed by atoms with Crippen molar-refractivity contribution in [2.24, 2.45) is 0 Å². The first-order valence-electron chi connectivity index (χ1n) is 6.31. The molecule has 2 fully saturated rings. The van der Waals surface area contributed by atoms with Crippen molar-refractivity contribution in [2.45, 2.75) is 24.9 Å². The van der Waals surface area contributed by atoms with Crippen LogP contribution in [0.3, 0.4) is 0 Å². The SMILES string of the molecule is CN1C2CCC1C(=O)N(C(=O)c1ccccc1)C2. The Morgan fingerprint density at radius 2 is 1.94 bits per heavy atom. The molecule has 0 saturated carbocycles. The van der Waals surface area contributed by atoms with Gasteiger partial charge in [-0.1, -0.05) is 18.2 Å². The van der Waals surface area contributed by atoms with Crippen LogP contribution in [-0.4, -0.2) is 47.3 Å². The Morgan fingerprint density at radius 1 is 1.22 bits per heavy atom. The zero-order valence-electron chi connectivity index (χ0n) is 10.4. The molecule has 94 valence electrons. The van der Waals surface area contributed by atoms with E-state index in [1.165, 1.54) is 4.90 Å². The summed E-state index contributed by atoms with van der Waals surface area (Å²) in [6.45, 7) is 0.527. The van der Waals surface area contributed by atoms with Gasteiger partial charge in [-0.25, -0.2) is 0 Å². The number of imide groups is 1. The van der Waals surface area contributed by atoms with E-state index < -0.39 is 0 Å². The van der Waals surface area contributed by atoms with Gasteiger partial charge in [0.05, 0.1) is 6.04 Å². The summed E-state index contributed by atoms with van der Waals surface area (Å²) in [5.41, 5.74) is 0.592. The van der Waals surface area contributed by atoms with Gasteiger partial charge in [0.15, 0.2) is 0 Å². The molecule has 0 aromatic heterocycles. The fourth-order valence-corrected chi connectivity index (χ4v) is 2.93. The van der Waals surface area contributed by atoms with Gasteiger partial charge < -0.3 is 0 Å². The first-order chi connectivity index (χ1) is 8.68. The minimum Gasteiger partial charge on any atom is -0.290 e. The summed E-state index contributed by atoms with van der Waals surface area (Å²) in [6, 6.07) is 9.26. The average Bonchev–Trinajstić information content (AvgIpc) is 2.66. The Kier molecular flexibility index (Phi) is 2.67. The summed E-state index contributed by atoms with van der Waals surface area (Å²) in [4.78, 5) is 28.1. The third-order valence-corrected chi connectivity index (χ3v) is 4.05. The molecule has 3 rings (SSSR count). The van der Waals surface area contributed by atoms with Crippen LogP contribution in [0.4, 0.5) is 0 Å². The van der Waals surface area contributed by atoms with Crippen molar-refractivity contribution in [1.29, 1.82) is 0 Å². The van der Waals surface area contributed by atoms with Crippen LogP contribution in [0.2, 0.25) is 0 Å². The van der Waals surface area contributed by atoms with E-state index in [1.54, 1.807) is 12.1 Å². The summed E-state index contributed by atoms with van der Waals surface area (Å²) in [5, 5.41) is 0. The van der Waals surface area contributed by atoms with E-state index in [4.69, 9.17) is 0 Å². The van der Waals surface area contributed by atoms with Crippen LogP contribution in [0, 0.1) is 0 Å². The normalized spacial score (nSPS) is 27.6. The molecule has 2 heterocycles. The zero-order chi connectivity index (χ0) is 12.7. The highest BCUT2D eigenvalue weighted by Gasteiger charge is 2.45. The predicted octanol–water partition coefficient (Wildman–Crippen LogP) is 1.13. The number of hydrogen-bond donors (Lipinski definition) is 0. The lowest BCUT2D eigenvalue weighted by Crippen LogP contribution is -2.57. The van der Waals surface area contributed by atoms with Crippen LogP contribution < -0.4 is 0 Å². The van der Waals surface area contributed by atoms with Crippen molar-refractivity contribution in [1.82, 2.24) is 9.80 Å². The van der Waals surface area contributed by atoms with Crippen LogP contribution in [-0.2, 0) is 4.79 Å². The number of fused-ring (bicyclic) bond motifs is 2. The molecule has 0 radical (unpaired) electrons. The largest absolute Gasteiger partial charge is 0.290 e. The van der Waals surface area contributed by atoms with Crippen LogP contribution in [0.5, 0.6) is 0 Å². The number of likely N-dealkylation sites (tertiary alicyclic amines) is 1. The van der Waals surface area contributed by atoms with Gasteiger partial charge in [0.25, 0.3) is 5.91 Å². The summed E-state index contributed by atoms with van der Waals surface area (Å²) in [5.74, 6) is -0.203. The van der Waals surface area contributed by atoms with Gasteiger partial charge in [0.1, 0.15) is 0 Å². The molecule has 4 heteroatoms. The molecule has 2 bridgehead atoms. The van der Waals surface area contributed by atoms with Crippen LogP contribution in [0.15, 0.2) is 30.3 Å². The maximum absolute atomic E-state index is 12.3. The summed E-state index contributed by atoms with van der Waals surface area (Å²) < 4.78 is 0. The summed E-state index contributed by atoms with van der Waals surface area (Å²) in [7, 11) is 1.98. The molecule has 18 heavy (non-hydrogen) atoms. The molecule has 0 spiro atoms. The van der Waals surface area contributed by atoms with E-state index in [1.807, 2.05) is 25.2 Å². The van der Waals surface area contributed by atoms with E-state index in [2.05, 4.69) is 4.90 Å². The second-order valence-corrected chi connectivity index (χ2v) is 5.03. The Morgan fingerprint density at radius 3 is 2.67 bits per heavy atom. The van der Waals surface area contributed by atoms with E-state index >= 15 is 0 Å². The number of rotatable bonds is 1. The molecule has 1 aromatic carbocycles. The maximum atomic E-state index is 12.3. The Hall–Kier alpha value is -1.68. The van der Waals surface area contributed by atoms with E-state index in [0.717, 1.165) is 12.8 Å². The van der Waals surface area contributed by atoms with Crippen molar-refractivity contribution in [3.8, 4) is 0 Å². The van der Waals surface area contributed by atoms with Crippen molar-refractivity contribution in [3.63, 3.8) is 0 Å². The van der Waals surface area contributed by atoms with Gasteiger partial charge in [0.2, 0.25) is 5.91 Å².